The van der Waals surface area contributed by atoms with E-state index < -0.39 is 7.75 Å². The minimum Gasteiger partial charge on any atom is -0.497 e. The first kappa shape index (κ1) is 12.3. The van der Waals surface area contributed by atoms with Gasteiger partial charge in [0.2, 0.25) is 0 Å². The Morgan fingerprint density at radius 3 is 2.60 bits per heavy atom. The van der Waals surface area contributed by atoms with E-state index in [0.29, 0.717) is 11.4 Å². The fraction of sp³-hybridized carbons (Fsp3) is 0.143. The zero-order valence-corrected chi connectivity index (χ0v) is 9.42. The van der Waals surface area contributed by atoms with Gasteiger partial charge in [0.15, 0.2) is 0 Å². The first-order valence-electron chi connectivity index (χ1n) is 3.85. The third-order valence-electron chi connectivity index (χ3n) is 1.51. The summed E-state index contributed by atoms with van der Waals surface area (Å²) in [5.41, 5.74) is 2.65. The van der Waals surface area contributed by atoms with Crippen molar-refractivity contribution >= 4 is 25.0 Å². The molecular weight excluding hydrogens is 243 g/mol. The molecule has 15 heavy (non-hydrogen) atoms. The molecule has 0 aliphatic carbocycles. The van der Waals surface area contributed by atoms with Gasteiger partial charge in [0.1, 0.15) is 5.75 Å². The fourth-order valence-corrected chi connectivity index (χ4v) is 1.34. The maximum atomic E-state index is 10.5. The lowest BCUT2D eigenvalue weighted by Crippen LogP contribution is -2.17. The lowest BCUT2D eigenvalue weighted by Gasteiger charge is -2.11. The Kier molecular flexibility index (Phi) is 3.96. The van der Waals surface area contributed by atoms with Crippen molar-refractivity contribution in [3.05, 3.63) is 23.2 Å². The first-order chi connectivity index (χ1) is 6.92. The Labute approximate surface area is 91.4 Å². The van der Waals surface area contributed by atoms with Crippen molar-refractivity contribution in [1.29, 1.82) is 0 Å². The fourth-order valence-electron chi connectivity index (χ4n) is 0.857. The molecule has 0 bridgehead atoms. The molecule has 8 heteroatoms. The standard InChI is InChI=1S/C7H10ClN2O4P/c1-14-5-2-3-7(6(8)4-5)9-10-15(11,12)13/h2-4,9H,1H3,(H3,10,11,12,13). The molecule has 0 radical (unpaired) electrons. The predicted octanol–water partition coefficient (Wildman–Crippen LogP) is 1.36. The number of hydrogen-bond acceptors (Lipinski definition) is 3. The van der Waals surface area contributed by atoms with E-state index in [1.165, 1.54) is 19.2 Å². The van der Waals surface area contributed by atoms with Gasteiger partial charge in [-0.2, -0.15) is 0 Å². The van der Waals surface area contributed by atoms with E-state index in [0.717, 1.165) is 0 Å². The average molecular weight is 253 g/mol. The van der Waals surface area contributed by atoms with E-state index in [1.807, 2.05) is 5.20 Å². The number of ether oxygens (including phenoxy) is 1. The number of benzene rings is 1. The Bertz CT molecular complexity index is 395. The van der Waals surface area contributed by atoms with Crippen LogP contribution >= 0.6 is 19.3 Å². The summed E-state index contributed by atoms with van der Waals surface area (Å²) in [4.78, 5) is 17.1. The zero-order valence-electron chi connectivity index (χ0n) is 7.77. The molecule has 0 unspecified atom stereocenters. The van der Waals surface area contributed by atoms with E-state index in [-0.39, 0.29) is 5.02 Å². The van der Waals surface area contributed by atoms with Crippen molar-refractivity contribution in [3.63, 3.8) is 0 Å². The van der Waals surface area contributed by atoms with Crippen LogP contribution in [0, 0.1) is 0 Å². The first-order valence-corrected chi connectivity index (χ1v) is 5.84. The maximum Gasteiger partial charge on any atom is 0.417 e. The van der Waals surface area contributed by atoms with Crippen molar-refractivity contribution in [2.45, 2.75) is 0 Å². The molecule has 0 aliphatic rings. The molecule has 4 N–H and O–H groups in total. The summed E-state index contributed by atoms with van der Waals surface area (Å²) >= 11 is 5.80. The summed E-state index contributed by atoms with van der Waals surface area (Å²) in [6, 6.07) is 4.66. The van der Waals surface area contributed by atoms with Crippen LogP contribution in [0.2, 0.25) is 5.02 Å². The number of halogens is 1. The van der Waals surface area contributed by atoms with Crippen LogP contribution in [0.3, 0.4) is 0 Å². The summed E-state index contributed by atoms with van der Waals surface area (Å²) in [6.07, 6.45) is 0. The highest BCUT2D eigenvalue weighted by Gasteiger charge is 2.12. The highest BCUT2D eigenvalue weighted by Crippen LogP contribution is 2.31. The van der Waals surface area contributed by atoms with E-state index in [9.17, 15) is 4.57 Å². The van der Waals surface area contributed by atoms with Gasteiger partial charge in [0.25, 0.3) is 0 Å². The summed E-state index contributed by atoms with van der Waals surface area (Å²) in [7, 11) is -2.83. The number of hydrogen-bond donors (Lipinski definition) is 4. The number of hydrazine groups is 1. The molecule has 0 aromatic heterocycles. The van der Waals surface area contributed by atoms with Gasteiger partial charge in [-0.25, -0.2) is 4.57 Å². The zero-order chi connectivity index (χ0) is 11.5. The van der Waals surface area contributed by atoms with E-state index >= 15 is 0 Å². The number of rotatable bonds is 4. The molecule has 0 amide bonds. The summed E-state index contributed by atoms with van der Waals surface area (Å²) in [5, 5.41) is 2.10. The van der Waals surface area contributed by atoms with Gasteiger partial charge in [-0.3, -0.25) is 0 Å². The Morgan fingerprint density at radius 1 is 1.47 bits per heavy atom. The predicted molar refractivity (Wildman–Crippen MR) is 56.8 cm³/mol. The minimum atomic E-state index is -4.32. The highest BCUT2D eigenvalue weighted by atomic mass is 35.5. The van der Waals surface area contributed by atoms with Crippen LogP contribution in [-0.4, -0.2) is 16.9 Å². The van der Waals surface area contributed by atoms with Crippen LogP contribution < -0.4 is 15.4 Å². The van der Waals surface area contributed by atoms with Crippen molar-refractivity contribution in [2.24, 2.45) is 0 Å². The normalized spacial score (nSPS) is 11.2. The lowest BCUT2D eigenvalue weighted by atomic mass is 10.3. The van der Waals surface area contributed by atoms with Gasteiger partial charge in [-0.05, 0) is 12.1 Å². The van der Waals surface area contributed by atoms with E-state index in [2.05, 4.69) is 5.43 Å². The summed E-state index contributed by atoms with van der Waals surface area (Å²) in [5.74, 6) is 0.557. The molecule has 0 saturated carbocycles. The van der Waals surface area contributed by atoms with Crippen LogP contribution in [0.4, 0.5) is 5.69 Å². The largest absolute Gasteiger partial charge is 0.497 e. The van der Waals surface area contributed by atoms with Gasteiger partial charge < -0.3 is 19.9 Å². The van der Waals surface area contributed by atoms with Crippen molar-refractivity contribution in [1.82, 2.24) is 5.20 Å². The van der Waals surface area contributed by atoms with Crippen molar-refractivity contribution in [3.8, 4) is 5.75 Å². The quantitative estimate of drug-likeness (QED) is 0.478. The number of anilines is 1. The molecule has 0 aliphatic heterocycles. The molecule has 0 saturated heterocycles. The van der Waals surface area contributed by atoms with Crippen LogP contribution in [0.1, 0.15) is 0 Å². The molecule has 1 rings (SSSR count). The molecule has 1 aromatic rings. The third kappa shape index (κ3) is 4.07. The topological polar surface area (TPSA) is 90.8 Å². The summed E-state index contributed by atoms with van der Waals surface area (Å²) < 4.78 is 15.4. The molecule has 0 heterocycles. The second-order valence-electron chi connectivity index (χ2n) is 2.63. The van der Waals surface area contributed by atoms with Crippen LogP contribution in [0.15, 0.2) is 18.2 Å². The molecule has 84 valence electrons. The molecule has 6 nitrogen and oxygen atoms in total. The summed E-state index contributed by atoms with van der Waals surface area (Å²) in [6.45, 7) is 0. The maximum absolute atomic E-state index is 10.5. The SMILES string of the molecule is COc1ccc(NNP(=O)(O)O)c(Cl)c1. The lowest BCUT2D eigenvalue weighted by molar-refractivity contribution is 0.362. The molecule has 0 atom stereocenters. The smallest absolute Gasteiger partial charge is 0.417 e. The second-order valence-corrected chi connectivity index (χ2v) is 4.35. The minimum absolute atomic E-state index is 0.287. The Balaban J connectivity index is 2.74. The third-order valence-corrected chi connectivity index (χ3v) is 2.23. The van der Waals surface area contributed by atoms with Gasteiger partial charge in [-0.1, -0.05) is 11.6 Å². The highest BCUT2D eigenvalue weighted by molar-refractivity contribution is 7.49. The average Bonchev–Trinajstić information content (AvgIpc) is 2.14. The number of methoxy groups -OCH3 is 1. The van der Waals surface area contributed by atoms with Gasteiger partial charge in [0.05, 0.1) is 17.8 Å². The molecule has 0 fully saturated rings. The van der Waals surface area contributed by atoms with E-state index in [4.69, 9.17) is 26.1 Å². The molecule has 0 spiro atoms. The van der Waals surface area contributed by atoms with Gasteiger partial charge >= 0.3 is 7.75 Å². The molecular formula is C7H10ClN2O4P. The van der Waals surface area contributed by atoms with Gasteiger partial charge in [-0.15, -0.1) is 5.20 Å². The van der Waals surface area contributed by atoms with Crippen molar-refractivity contribution < 1.29 is 19.1 Å². The Hall–Kier alpha value is -0.780. The Morgan fingerprint density at radius 2 is 2.13 bits per heavy atom. The van der Waals surface area contributed by atoms with E-state index in [1.54, 1.807) is 6.07 Å². The van der Waals surface area contributed by atoms with Crippen LogP contribution in [0.25, 0.3) is 0 Å². The molecule has 1 aromatic carbocycles. The van der Waals surface area contributed by atoms with Crippen LogP contribution in [0.5, 0.6) is 5.75 Å². The monoisotopic (exact) mass is 252 g/mol. The van der Waals surface area contributed by atoms with Gasteiger partial charge in [0, 0.05) is 6.07 Å². The van der Waals surface area contributed by atoms with Crippen LogP contribution in [-0.2, 0) is 4.57 Å². The second kappa shape index (κ2) is 4.83. The number of nitrogens with one attached hydrogen (secondary N) is 2. The van der Waals surface area contributed by atoms with Crippen molar-refractivity contribution in [2.75, 3.05) is 12.5 Å².